The molecule has 1 atom stereocenters. The van der Waals surface area contributed by atoms with Gasteiger partial charge in [0.05, 0.1) is 23.6 Å². The molecule has 0 saturated carbocycles. The van der Waals surface area contributed by atoms with Crippen LogP contribution in [0.15, 0.2) is 78.1 Å². The number of aromatic amines is 1. The standard InChI is InChI=1S/C23H18N6O/c1-14(28-22-19-21(24-12-26-22)25-13-27-23(19)30)17-11-16-9-5-6-10-18(16)29-20(17)15-7-3-2-4-8-15/h2-14H,1H3,(H2,24,25,26,27,28,30)/t14-/m0/s1. The minimum Gasteiger partial charge on any atom is -0.363 e. The maximum Gasteiger partial charge on any atom is 0.263 e. The predicted octanol–water partition coefficient (Wildman–Crippen LogP) is 4.10. The van der Waals surface area contributed by atoms with Gasteiger partial charge in [-0.2, -0.15) is 0 Å². The highest BCUT2D eigenvalue weighted by molar-refractivity contribution is 5.86. The molecule has 0 aliphatic rings. The lowest BCUT2D eigenvalue weighted by molar-refractivity contribution is 0.873. The number of hydrogen-bond donors (Lipinski definition) is 2. The molecule has 7 heteroatoms. The normalized spacial score (nSPS) is 12.2. The Morgan fingerprint density at radius 2 is 1.77 bits per heavy atom. The summed E-state index contributed by atoms with van der Waals surface area (Å²) in [7, 11) is 0. The fraction of sp³-hybridized carbons (Fsp3) is 0.0870. The highest BCUT2D eigenvalue weighted by Gasteiger charge is 2.18. The van der Waals surface area contributed by atoms with Crippen LogP contribution in [0.1, 0.15) is 18.5 Å². The molecular formula is C23H18N6O. The van der Waals surface area contributed by atoms with E-state index in [2.05, 4.69) is 31.3 Å². The Labute approximate surface area is 171 Å². The molecule has 0 radical (unpaired) electrons. The molecule has 5 aromatic rings. The number of benzene rings is 2. The van der Waals surface area contributed by atoms with Gasteiger partial charge in [0.2, 0.25) is 0 Å². The van der Waals surface area contributed by atoms with Crippen LogP contribution in [0.3, 0.4) is 0 Å². The molecule has 0 amide bonds. The van der Waals surface area contributed by atoms with Crippen molar-refractivity contribution in [2.24, 2.45) is 0 Å². The van der Waals surface area contributed by atoms with Crippen molar-refractivity contribution in [2.45, 2.75) is 13.0 Å². The lowest BCUT2D eigenvalue weighted by Crippen LogP contribution is -2.15. The van der Waals surface area contributed by atoms with Gasteiger partial charge < -0.3 is 10.3 Å². The smallest absolute Gasteiger partial charge is 0.263 e. The summed E-state index contributed by atoms with van der Waals surface area (Å²) in [5.41, 5.74) is 3.92. The number of rotatable bonds is 4. The Kier molecular flexibility index (Phi) is 4.40. The molecule has 0 aliphatic carbocycles. The third-order valence-corrected chi connectivity index (χ3v) is 5.06. The van der Waals surface area contributed by atoms with Crippen LogP contribution < -0.4 is 10.9 Å². The third kappa shape index (κ3) is 3.16. The van der Waals surface area contributed by atoms with Crippen molar-refractivity contribution in [3.8, 4) is 11.3 Å². The highest BCUT2D eigenvalue weighted by atomic mass is 16.1. The molecule has 0 unspecified atom stereocenters. The van der Waals surface area contributed by atoms with E-state index >= 15 is 0 Å². The van der Waals surface area contributed by atoms with E-state index in [1.807, 2.05) is 61.5 Å². The van der Waals surface area contributed by atoms with Gasteiger partial charge in [-0.1, -0.05) is 48.5 Å². The quantitative estimate of drug-likeness (QED) is 0.476. The number of pyridine rings is 1. The number of nitrogens with zero attached hydrogens (tertiary/aromatic N) is 4. The van der Waals surface area contributed by atoms with Gasteiger partial charge in [-0.05, 0) is 19.1 Å². The van der Waals surface area contributed by atoms with Crippen LogP contribution in [0.2, 0.25) is 0 Å². The second-order valence-corrected chi connectivity index (χ2v) is 7.00. The van der Waals surface area contributed by atoms with Gasteiger partial charge in [0, 0.05) is 16.5 Å². The Hall–Kier alpha value is -4.13. The molecule has 5 rings (SSSR count). The van der Waals surface area contributed by atoms with Crippen LogP contribution in [0.25, 0.3) is 33.2 Å². The van der Waals surface area contributed by atoms with Gasteiger partial charge in [-0.15, -0.1) is 0 Å². The molecular weight excluding hydrogens is 376 g/mol. The minimum atomic E-state index is -0.282. The molecule has 0 bridgehead atoms. The van der Waals surface area contributed by atoms with Crippen LogP contribution >= 0.6 is 0 Å². The molecule has 2 N–H and O–H groups in total. The molecule has 2 aromatic carbocycles. The summed E-state index contributed by atoms with van der Waals surface area (Å²) in [6, 6.07) is 20.1. The van der Waals surface area contributed by atoms with Crippen molar-refractivity contribution >= 4 is 27.8 Å². The molecule has 7 nitrogen and oxygen atoms in total. The van der Waals surface area contributed by atoms with E-state index in [-0.39, 0.29) is 11.6 Å². The molecule has 0 fully saturated rings. The topological polar surface area (TPSA) is 96.5 Å². The maximum atomic E-state index is 12.4. The molecule has 0 saturated heterocycles. The van der Waals surface area contributed by atoms with E-state index < -0.39 is 0 Å². The van der Waals surface area contributed by atoms with E-state index in [4.69, 9.17) is 4.98 Å². The molecule has 3 heterocycles. The van der Waals surface area contributed by atoms with Crippen molar-refractivity contribution in [3.05, 3.63) is 89.2 Å². The molecule has 146 valence electrons. The monoisotopic (exact) mass is 394 g/mol. The minimum absolute atomic E-state index is 0.171. The zero-order chi connectivity index (χ0) is 20.5. The number of para-hydroxylation sites is 1. The van der Waals surface area contributed by atoms with Crippen LogP contribution in [0.5, 0.6) is 0 Å². The number of fused-ring (bicyclic) bond motifs is 2. The van der Waals surface area contributed by atoms with Crippen molar-refractivity contribution in [2.75, 3.05) is 5.32 Å². The van der Waals surface area contributed by atoms with E-state index in [9.17, 15) is 4.79 Å². The summed E-state index contributed by atoms with van der Waals surface area (Å²) in [6.45, 7) is 2.02. The Morgan fingerprint density at radius 3 is 2.63 bits per heavy atom. The van der Waals surface area contributed by atoms with Crippen LogP contribution in [0.4, 0.5) is 5.82 Å². The lowest BCUT2D eigenvalue weighted by atomic mass is 9.98. The van der Waals surface area contributed by atoms with Gasteiger partial charge in [-0.25, -0.2) is 19.9 Å². The first-order valence-corrected chi connectivity index (χ1v) is 9.61. The van der Waals surface area contributed by atoms with E-state index in [0.717, 1.165) is 27.7 Å². The Bertz CT molecular complexity index is 1410. The number of nitrogens with one attached hydrogen (secondary N) is 2. The summed E-state index contributed by atoms with van der Waals surface area (Å²) >= 11 is 0. The van der Waals surface area contributed by atoms with Crippen molar-refractivity contribution in [1.29, 1.82) is 0 Å². The molecule has 3 aromatic heterocycles. The summed E-state index contributed by atoms with van der Waals surface area (Å²) in [5.74, 6) is 0.439. The summed E-state index contributed by atoms with van der Waals surface area (Å²) in [6.07, 6.45) is 2.74. The fourth-order valence-electron chi connectivity index (χ4n) is 3.59. The number of H-pyrrole nitrogens is 1. The summed E-state index contributed by atoms with van der Waals surface area (Å²) in [4.78, 5) is 32.4. The average molecular weight is 394 g/mol. The van der Waals surface area contributed by atoms with Gasteiger partial charge >= 0.3 is 0 Å². The van der Waals surface area contributed by atoms with Gasteiger partial charge in [0.1, 0.15) is 17.5 Å². The zero-order valence-electron chi connectivity index (χ0n) is 16.2. The lowest BCUT2D eigenvalue weighted by Gasteiger charge is -2.19. The van der Waals surface area contributed by atoms with E-state index in [0.29, 0.717) is 16.9 Å². The highest BCUT2D eigenvalue weighted by Crippen LogP contribution is 2.31. The largest absolute Gasteiger partial charge is 0.363 e. The zero-order valence-corrected chi connectivity index (χ0v) is 16.2. The summed E-state index contributed by atoms with van der Waals surface area (Å²) in [5, 5.41) is 4.75. The van der Waals surface area contributed by atoms with E-state index in [1.165, 1.54) is 12.7 Å². The number of aromatic nitrogens is 5. The number of hydrogen-bond acceptors (Lipinski definition) is 6. The van der Waals surface area contributed by atoms with Crippen molar-refractivity contribution in [3.63, 3.8) is 0 Å². The average Bonchev–Trinajstić information content (AvgIpc) is 2.79. The van der Waals surface area contributed by atoms with Crippen molar-refractivity contribution < 1.29 is 0 Å². The van der Waals surface area contributed by atoms with Gasteiger partial charge in [-0.3, -0.25) is 4.79 Å². The van der Waals surface area contributed by atoms with E-state index in [1.54, 1.807) is 0 Å². The fourth-order valence-corrected chi connectivity index (χ4v) is 3.59. The third-order valence-electron chi connectivity index (χ3n) is 5.06. The Morgan fingerprint density at radius 1 is 0.967 bits per heavy atom. The van der Waals surface area contributed by atoms with Crippen LogP contribution in [0, 0.1) is 0 Å². The van der Waals surface area contributed by atoms with Crippen molar-refractivity contribution in [1.82, 2.24) is 24.9 Å². The molecule has 0 aliphatic heterocycles. The SMILES string of the molecule is C[C@H](Nc1ncnc2nc[nH]c(=O)c12)c1cc2ccccc2nc1-c1ccccc1. The molecule has 30 heavy (non-hydrogen) atoms. The second-order valence-electron chi connectivity index (χ2n) is 7.00. The van der Waals surface area contributed by atoms with Gasteiger partial charge in [0.25, 0.3) is 5.56 Å². The first-order chi connectivity index (χ1) is 14.7. The Balaban J connectivity index is 1.65. The summed E-state index contributed by atoms with van der Waals surface area (Å²) < 4.78 is 0. The maximum absolute atomic E-state index is 12.4. The second kappa shape index (κ2) is 7.36. The first-order valence-electron chi connectivity index (χ1n) is 9.61. The van der Waals surface area contributed by atoms with Crippen LogP contribution in [-0.4, -0.2) is 24.9 Å². The first kappa shape index (κ1) is 17.9. The van der Waals surface area contributed by atoms with Gasteiger partial charge in [0.15, 0.2) is 5.65 Å². The molecule has 0 spiro atoms. The van der Waals surface area contributed by atoms with Crippen LogP contribution in [-0.2, 0) is 0 Å². The number of anilines is 1. The predicted molar refractivity (Wildman–Crippen MR) is 117 cm³/mol.